The van der Waals surface area contributed by atoms with Crippen molar-refractivity contribution in [2.45, 2.75) is 19.1 Å². The minimum Gasteiger partial charge on any atom is -0.331 e. The second-order valence-electron chi connectivity index (χ2n) is 6.63. The van der Waals surface area contributed by atoms with Crippen LogP contribution in [0.4, 0.5) is 22.0 Å². The zero-order valence-electron chi connectivity index (χ0n) is 16.2. The maximum Gasteiger partial charge on any atom is 0.418 e. The molecule has 2 aromatic carbocycles. The van der Waals surface area contributed by atoms with Gasteiger partial charge in [0.2, 0.25) is 5.43 Å². The van der Waals surface area contributed by atoms with Crippen molar-refractivity contribution in [3.63, 3.8) is 0 Å². The van der Waals surface area contributed by atoms with E-state index in [-0.39, 0.29) is 11.3 Å². The topological polar surface area (TPSA) is 87.8 Å². The first kappa shape index (κ1) is 22.6. The second kappa shape index (κ2) is 8.58. The van der Waals surface area contributed by atoms with Crippen molar-refractivity contribution in [2.24, 2.45) is 0 Å². The summed E-state index contributed by atoms with van der Waals surface area (Å²) in [5, 5.41) is 15.1. The van der Waals surface area contributed by atoms with Gasteiger partial charge in [0.25, 0.3) is 5.91 Å². The SMILES string of the molecule is Cc1cc(=O)c(C(=O)NC(C#N)c2ccc(F)cc2F)nn1-c1ccccc1C(F)(F)F. The number of hydrogen-bond acceptors (Lipinski definition) is 4. The Bertz CT molecular complexity index is 1290. The number of rotatable bonds is 4. The molecule has 0 aliphatic carbocycles. The van der Waals surface area contributed by atoms with E-state index >= 15 is 0 Å². The Hall–Kier alpha value is -4.07. The van der Waals surface area contributed by atoms with Crippen LogP contribution in [0, 0.1) is 29.9 Å². The van der Waals surface area contributed by atoms with E-state index in [1.54, 1.807) is 6.07 Å². The molecule has 164 valence electrons. The molecule has 3 rings (SSSR count). The summed E-state index contributed by atoms with van der Waals surface area (Å²) >= 11 is 0. The normalized spacial score (nSPS) is 12.2. The molecule has 6 nitrogen and oxygen atoms in total. The number of hydrogen-bond donors (Lipinski definition) is 1. The van der Waals surface area contributed by atoms with E-state index in [1.807, 2.05) is 0 Å². The molecular formula is C21H13F5N4O2. The molecule has 0 fully saturated rings. The Morgan fingerprint density at radius 1 is 1.16 bits per heavy atom. The van der Waals surface area contributed by atoms with Crippen molar-refractivity contribution < 1.29 is 26.7 Å². The van der Waals surface area contributed by atoms with Gasteiger partial charge >= 0.3 is 6.18 Å². The molecule has 1 aromatic heterocycles. The van der Waals surface area contributed by atoms with Crippen molar-refractivity contribution in [1.29, 1.82) is 5.26 Å². The van der Waals surface area contributed by atoms with Gasteiger partial charge in [-0.1, -0.05) is 18.2 Å². The zero-order chi connectivity index (χ0) is 23.6. The predicted octanol–water partition coefficient (Wildman–Crippen LogP) is 3.83. The van der Waals surface area contributed by atoms with Gasteiger partial charge < -0.3 is 5.32 Å². The second-order valence-corrected chi connectivity index (χ2v) is 6.63. The van der Waals surface area contributed by atoms with Crippen LogP contribution in [0.3, 0.4) is 0 Å². The fraction of sp³-hybridized carbons (Fsp3) is 0.143. The van der Waals surface area contributed by atoms with Crippen molar-refractivity contribution in [1.82, 2.24) is 15.1 Å². The molecule has 1 N–H and O–H groups in total. The first-order valence-electron chi connectivity index (χ1n) is 8.96. The van der Waals surface area contributed by atoms with E-state index in [9.17, 15) is 36.8 Å². The van der Waals surface area contributed by atoms with Crippen LogP contribution in [0.5, 0.6) is 0 Å². The van der Waals surface area contributed by atoms with Gasteiger partial charge in [0, 0.05) is 23.4 Å². The highest BCUT2D eigenvalue weighted by atomic mass is 19.4. The van der Waals surface area contributed by atoms with E-state index in [2.05, 4.69) is 10.4 Å². The molecule has 3 aromatic rings. The number of amides is 1. The Kier molecular flexibility index (Phi) is 6.06. The quantitative estimate of drug-likeness (QED) is 0.615. The van der Waals surface area contributed by atoms with E-state index in [4.69, 9.17) is 0 Å². The standard InChI is InChI=1S/C21H13F5N4O2/c1-11-8-18(31)19(29-30(11)17-5-3-2-4-14(17)21(24,25)26)20(32)28-16(10-27)13-7-6-12(22)9-15(13)23/h2-9,16H,1H3,(H,28,32). The molecular weight excluding hydrogens is 435 g/mol. The summed E-state index contributed by atoms with van der Waals surface area (Å²) < 4.78 is 68.1. The van der Waals surface area contributed by atoms with Crippen LogP contribution in [0.1, 0.15) is 33.4 Å². The number of halogens is 5. The summed E-state index contributed by atoms with van der Waals surface area (Å²) in [7, 11) is 0. The number of aryl methyl sites for hydroxylation is 1. The lowest BCUT2D eigenvalue weighted by molar-refractivity contribution is -0.137. The van der Waals surface area contributed by atoms with E-state index in [0.717, 1.165) is 35.0 Å². The summed E-state index contributed by atoms with van der Waals surface area (Å²) in [4.78, 5) is 24.9. The Labute approximate surface area is 177 Å². The summed E-state index contributed by atoms with van der Waals surface area (Å²) in [6, 6.07) is 7.67. The van der Waals surface area contributed by atoms with Gasteiger partial charge in [-0.05, 0) is 25.1 Å². The van der Waals surface area contributed by atoms with Crippen LogP contribution in [0.2, 0.25) is 0 Å². The number of nitriles is 1. The minimum atomic E-state index is -4.73. The highest BCUT2D eigenvalue weighted by Crippen LogP contribution is 2.33. The van der Waals surface area contributed by atoms with Crippen LogP contribution in [0.25, 0.3) is 5.69 Å². The summed E-state index contributed by atoms with van der Waals surface area (Å²) in [5.74, 6) is -3.23. The molecule has 0 saturated carbocycles. The Morgan fingerprint density at radius 2 is 1.84 bits per heavy atom. The summed E-state index contributed by atoms with van der Waals surface area (Å²) in [6.07, 6.45) is -4.73. The highest BCUT2D eigenvalue weighted by Gasteiger charge is 2.34. The number of nitrogens with zero attached hydrogens (tertiary/aromatic N) is 3. The van der Waals surface area contributed by atoms with Crippen molar-refractivity contribution in [2.75, 3.05) is 0 Å². The van der Waals surface area contributed by atoms with Crippen LogP contribution in [0.15, 0.2) is 53.3 Å². The number of nitrogens with one attached hydrogen (secondary N) is 1. The van der Waals surface area contributed by atoms with Crippen molar-refractivity contribution >= 4 is 5.91 Å². The number of alkyl halides is 3. The third-order valence-corrected chi connectivity index (χ3v) is 4.44. The predicted molar refractivity (Wildman–Crippen MR) is 102 cm³/mol. The molecule has 11 heteroatoms. The van der Waals surface area contributed by atoms with Crippen LogP contribution >= 0.6 is 0 Å². The lowest BCUT2D eigenvalue weighted by Crippen LogP contribution is -2.34. The minimum absolute atomic E-state index is 0.0182. The molecule has 1 unspecified atom stereocenters. The van der Waals surface area contributed by atoms with Gasteiger partial charge in [0.15, 0.2) is 5.69 Å². The first-order chi connectivity index (χ1) is 15.0. The molecule has 0 aliphatic heterocycles. The Balaban J connectivity index is 2.04. The largest absolute Gasteiger partial charge is 0.418 e. The average molecular weight is 448 g/mol. The lowest BCUT2D eigenvalue weighted by atomic mass is 10.1. The third-order valence-electron chi connectivity index (χ3n) is 4.44. The number of para-hydroxylation sites is 1. The first-order valence-corrected chi connectivity index (χ1v) is 8.96. The van der Waals surface area contributed by atoms with Gasteiger partial charge in [0.1, 0.15) is 17.7 Å². The van der Waals surface area contributed by atoms with E-state index < -0.39 is 52.1 Å². The highest BCUT2D eigenvalue weighted by molar-refractivity contribution is 5.92. The average Bonchev–Trinajstić information content (AvgIpc) is 2.72. The number of aromatic nitrogens is 2. The third kappa shape index (κ3) is 4.49. The lowest BCUT2D eigenvalue weighted by Gasteiger charge is -2.17. The maximum absolute atomic E-state index is 14.0. The van der Waals surface area contributed by atoms with Crippen molar-refractivity contribution in [3.05, 3.63) is 92.9 Å². The van der Waals surface area contributed by atoms with Gasteiger partial charge in [-0.15, -0.1) is 0 Å². The fourth-order valence-corrected chi connectivity index (χ4v) is 2.96. The number of carbonyl (C=O) groups excluding carboxylic acids is 1. The molecule has 0 bridgehead atoms. The zero-order valence-corrected chi connectivity index (χ0v) is 16.2. The van der Waals surface area contributed by atoms with Gasteiger partial charge in [0.05, 0.1) is 17.3 Å². The van der Waals surface area contributed by atoms with Crippen LogP contribution < -0.4 is 10.7 Å². The summed E-state index contributed by atoms with van der Waals surface area (Å²) in [6.45, 7) is 1.33. The van der Waals surface area contributed by atoms with Gasteiger partial charge in [-0.2, -0.15) is 23.5 Å². The molecule has 0 spiro atoms. The Morgan fingerprint density at radius 3 is 2.47 bits per heavy atom. The molecule has 0 aliphatic rings. The van der Waals surface area contributed by atoms with E-state index in [1.165, 1.54) is 19.1 Å². The molecule has 0 saturated heterocycles. The number of carbonyl (C=O) groups is 1. The van der Waals surface area contributed by atoms with E-state index in [0.29, 0.717) is 6.07 Å². The molecule has 1 atom stereocenters. The molecule has 32 heavy (non-hydrogen) atoms. The monoisotopic (exact) mass is 448 g/mol. The molecule has 1 heterocycles. The fourth-order valence-electron chi connectivity index (χ4n) is 2.96. The van der Waals surface area contributed by atoms with Crippen molar-refractivity contribution in [3.8, 4) is 11.8 Å². The van der Waals surface area contributed by atoms with Crippen LogP contribution in [-0.2, 0) is 6.18 Å². The summed E-state index contributed by atoms with van der Waals surface area (Å²) in [5.41, 5.74) is -3.55. The van der Waals surface area contributed by atoms with Gasteiger partial charge in [-0.25, -0.2) is 13.5 Å². The van der Waals surface area contributed by atoms with Gasteiger partial charge in [-0.3, -0.25) is 9.59 Å². The maximum atomic E-state index is 14.0. The molecule has 0 radical (unpaired) electrons. The molecule has 1 amide bonds. The van der Waals surface area contributed by atoms with Crippen LogP contribution in [-0.4, -0.2) is 15.7 Å². The number of benzene rings is 2. The smallest absolute Gasteiger partial charge is 0.331 e.